The molecule has 1 aromatic carbocycles. The highest BCUT2D eigenvalue weighted by Crippen LogP contribution is 2.27. The molecule has 0 fully saturated rings. The van der Waals surface area contributed by atoms with Gasteiger partial charge in [-0.25, -0.2) is 0 Å². The number of hydrogen-bond donors (Lipinski definition) is 2. The molecule has 0 aliphatic heterocycles. The minimum absolute atomic E-state index is 0.0668. The van der Waals surface area contributed by atoms with Gasteiger partial charge in [0.05, 0.1) is 19.1 Å². The fourth-order valence-electron chi connectivity index (χ4n) is 2.39. The SMILES string of the molecule is COc1ccc(CC(=O)Nc2oc(C)c(C(C)=O)c2C(N)=O)cc1. The molecular formula is C17H18N2O5. The highest BCUT2D eigenvalue weighted by molar-refractivity contribution is 6.12. The van der Waals surface area contributed by atoms with Crippen LogP contribution in [0.25, 0.3) is 0 Å². The van der Waals surface area contributed by atoms with Crippen LogP contribution >= 0.6 is 0 Å². The van der Waals surface area contributed by atoms with E-state index in [9.17, 15) is 14.4 Å². The Kier molecular flexibility index (Phi) is 5.03. The third-order valence-corrected chi connectivity index (χ3v) is 3.46. The van der Waals surface area contributed by atoms with Crippen LogP contribution in [0.2, 0.25) is 0 Å². The number of carbonyl (C=O) groups excluding carboxylic acids is 3. The Labute approximate surface area is 138 Å². The summed E-state index contributed by atoms with van der Waals surface area (Å²) >= 11 is 0. The van der Waals surface area contributed by atoms with Gasteiger partial charge in [0.2, 0.25) is 11.8 Å². The quantitative estimate of drug-likeness (QED) is 0.788. The molecule has 24 heavy (non-hydrogen) atoms. The van der Waals surface area contributed by atoms with E-state index in [2.05, 4.69) is 5.32 Å². The maximum Gasteiger partial charge on any atom is 0.255 e. The molecule has 3 N–H and O–H groups in total. The van der Waals surface area contributed by atoms with Crippen LogP contribution < -0.4 is 15.8 Å². The van der Waals surface area contributed by atoms with Crippen LogP contribution in [0, 0.1) is 6.92 Å². The molecule has 0 spiro atoms. The number of methoxy groups -OCH3 is 1. The zero-order valence-electron chi connectivity index (χ0n) is 13.6. The number of amides is 2. The van der Waals surface area contributed by atoms with E-state index in [0.29, 0.717) is 5.75 Å². The van der Waals surface area contributed by atoms with Crippen molar-refractivity contribution in [1.82, 2.24) is 0 Å². The Morgan fingerprint density at radius 1 is 1.17 bits per heavy atom. The van der Waals surface area contributed by atoms with Crippen LogP contribution in [0.5, 0.6) is 5.75 Å². The van der Waals surface area contributed by atoms with Crippen LogP contribution in [-0.4, -0.2) is 24.7 Å². The second-order valence-electron chi connectivity index (χ2n) is 5.23. The lowest BCUT2D eigenvalue weighted by molar-refractivity contribution is -0.115. The van der Waals surface area contributed by atoms with Gasteiger partial charge >= 0.3 is 0 Å². The van der Waals surface area contributed by atoms with Gasteiger partial charge in [0.15, 0.2) is 5.78 Å². The van der Waals surface area contributed by atoms with Crippen molar-refractivity contribution in [3.63, 3.8) is 0 Å². The Morgan fingerprint density at radius 3 is 2.29 bits per heavy atom. The third-order valence-electron chi connectivity index (χ3n) is 3.46. The molecule has 1 aromatic heterocycles. The molecule has 0 atom stereocenters. The van der Waals surface area contributed by atoms with E-state index in [1.807, 2.05) is 0 Å². The first kappa shape index (κ1) is 17.3. The Hall–Kier alpha value is -3.09. The summed E-state index contributed by atoms with van der Waals surface area (Å²) in [4.78, 5) is 35.4. The molecule has 0 unspecified atom stereocenters. The summed E-state index contributed by atoms with van der Waals surface area (Å²) in [6.45, 7) is 2.83. The van der Waals surface area contributed by atoms with E-state index in [-0.39, 0.29) is 35.0 Å². The average molecular weight is 330 g/mol. The summed E-state index contributed by atoms with van der Waals surface area (Å²) in [5, 5.41) is 2.50. The summed E-state index contributed by atoms with van der Waals surface area (Å²) < 4.78 is 10.4. The fourth-order valence-corrected chi connectivity index (χ4v) is 2.39. The number of nitrogens with two attached hydrogens (primary N) is 1. The van der Waals surface area contributed by atoms with Gasteiger partial charge < -0.3 is 14.9 Å². The Morgan fingerprint density at radius 2 is 1.79 bits per heavy atom. The van der Waals surface area contributed by atoms with Crippen molar-refractivity contribution in [2.75, 3.05) is 12.4 Å². The van der Waals surface area contributed by atoms with Gasteiger partial charge in [0.1, 0.15) is 17.1 Å². The van der Waals surface area contributed by atoms with E-state index in [0.717, 1.165) is 5.56 Å². The molecule has 7 nitrogen and oxygen atoms in total. The van der Waals surface area contributed by atoms with Crippen LogP contribution in [0.15, 0.2) is 28.7 Å². The van der Waals surface area contributed by atoms with Crippen molar-refractivity contribution in [1.29, 1.82) is 0 Å². The number of benzene rings is 1. The number of rotatable bonds is 6. The van der Waals surface area contributed by atoms with Crippen molar-refractivity contribution in [3.05, 3.63) is 46.7 Å². The van der Waals surface area contributed by atoms with E-state index >= 15 is 0 Å². The molecule has 0 saturated heterocycles. The van der Waals surface area contributed by atoms with Crippen LogP contribution in [0.4, 0.5) is 5.88 Å². The zero-order valence-corrected chi connectivity index (χ0v) is 13.6. The summed E-state index contributed by atoms with van der Waals surface area (Å²) in [6, 6.07) is 6.98. The molecular weight excluding hydrogens is 312 g/mol. The second-order valence-corrected chi connectivity index (χ2v) is 5.23. The molecule has 2 amide bonds. The predicted molar refractivity (Wildman–Crippen MR) is 87.3 cm³/mol. The van der Waals surface area contributed by atoms with Crippen molar-refractivity contribution >= 4 is 23.5 Å². The highest BCUT2D eigenvalue weighted by atomic mass is 16.5. The Balaban J connectivity index is 2.20. The van der Waals surface area contributed by atoms with Crippen LogP contribution in [0.1, 0.15) is 39.0 Å². The van der Waals surface area contributed by atoms with Gasteiger partial charge in [0.25, 0.3) is 5.91 Å². The summed E-state index contributed by atoms with van der Waals surface area (Å²) in [6.07, 6.45) is 0.0668. The van der Waals surface area contributed by atoms with Gasteiger partial charge in [0, 0.05) is 0 Å². The lowest BCUT2D eigenvalue weighted by Crippen LogP contribution is -2.20. The van der Waals surface area contributed by atoms with Crippen molar-refractivity contribution in [3.8, 4) is 5.75 Å². The number of nitrogens with one attached hydrogen (secondary N) is 1. The first-order chi connectivity index (χ1) is 11.3. The first-order valence-corrected chi connectivity index (χ1v) is 7.20. The van der Waals surface area contributed by atoms with Gasteiger partial charge in [-0.05, 0) is 31.5 Å². The van der Waals surface area contributed by atoms with E-state index in [1.54, 1.807) is 31.4 Å². The molecule has 0 bridgehead atoms. The summed E-state index contributed by atoms with van der Waals surface area (Å²) in [7, 11) is 1.55. The number of furan rings is 1. The lowest BCUT2D eigenvalue weighted by atomic mass is 10.1. The molecule has 7 heteroatoms. The number of hydrogen-bond acceptors (Lipinski definition) is 5. The minimum Gasteiger partial charge on any atom is -0.497 e. The standard InChI is InChI=1S/C17H18N2O5/c1-9(20)14-10(2)24-17(15(14)16(18)22)19-13(21)8-11-4-6-12(23-3)7-5-11/h4-7H,8H2,1-3H3,(H2,18,22)(H,19,21). The number of carbonyl (C=O) groups is 3. The largest absolute Gasteiger partial charge is 0.497 e. The predicted octanol–water partition coefficient (Wildman–Crippen LogP) is 2.08. The number of aryl methyl sites for hydroxylation is 1. The van der Waals surface area contributed by atoms with Gasteiger partial charge in [-0.15, -0.1) is 0 Å². The Bertz CT molecular complexity index is 790. The number of primary amides is 1. The van der Waals surface area contributed by atoms with E-state index < -0.39 is 11.8 Å². The minimum atomic E-state index is -0.836. The van der Waals surface area contributed by atoms with Crippen LogP contribution in [0.3, 0.4) is 0 Å². The number of ether oxygens (including phenoxy) is 1. The molecule has 126 valence electrons. The molecule has 2 rings (SSSR count). The number of Topliss-reactive ketones (excluding diaryl/α,β-unsaturated/α-hetero) is 1. The van der Waals surface area contributed by atoms with Crippen molar-refractivity contribution in [2.24, 2.45) is 5.73 Å². The number of anilines is 1. The first-order valence-electron chi connectivity index (χ1n) is 7.20. The van der Waals surface area contributed by atoms with Crippen LogP contribution in [-0.2, 0) is 11.2 Å². The third kappa shape index (κ3) is 3.62. The molecule has 1 heterocycles. The maximum atomic E-state index is 12.2. The number of ketones is 1. The molecule has 0 saturated carbocycles. The fraction of sp³-hybridized carbons (Fsp3) is 0.235. The summed E-state index contributed by atoms with van der Waals surface area (Å²) in [5.41, 5.74) is 6.04. The molecule has 0 radical (unpaired) electrons. The monoisotopic (exact) mass is 330 g/mol. The normalized spacial score (nSPS) is 10.3. The molecule has 0 aliphatic carbocycles. The topological polar surface area (TPSA) is 112 Å². The average Bonchev–Trinajstić information content (AvgIpc) is 2.84. The maximum absolute atomic E-state index is 12.2. The van der Waals surface area contributed by atoms with Gasteiger partial charge in [-0.2, -0.15) is 0 Å². The van der Waals surface area contributed by atoms with Gasteiger partial charge in [-0.1, -0.05) is 12.1 Å². The van der Waals surface area contributed by atoms with E-state index in [4.69, 9.17) is 14.9 Å². The summed E-state index contributed by atoms with van der Waals surface area (Å²) in [5.74, 6) is -0.785. The van der Waals surface area contributed by atoms with E-state index in [1.165, 1.54) is 13.8 Å². The highest BCUT2D eigenvalue weighted by Gasteiger charge is 2.26. The molecule has 0 aliphatic rings. The lowest BCUT2D eigenvalue weighted by Gasteiger charge is -2.05. The second kappa shape index (κ2) is 6.99. The molecule has 2 aromatic rings. The smallest absolute Gasteiger partial charge is 0.255 e. The van der Waals surface area contributed by atoms with Gasteiger partial charge in [-0.3, -0.25) is 19.7 Å². The van der Waals surface area contributed by atoms with Crippen molar-refractivity contribution in [2.45, 2.75) is 20.3 Å². The van der Waals surface area contributed by atoms with Crippen molar-refractivity contribution < 1.29 is 23.5 Å². The zero-order chi connectivity index (χ0) is 17.9.